The molecule has 0 fully saturated rings. The lowest BCUT2D eigenvalue weighted by Crippen LogP contribution is -2.18. The first kappa shape index (κ1) is 8.47. The van der Waals surface area contributed by atoms with Crippen molar-refractivity contribution in [2.75, 3.05) is 6.54 Å². The quantitative estimate of drug-likeness (QED) is 0.450. The van der Waals surface area contributed by atoms with E-state index in [1.54, 1.807) is 0 Å². The molecule has 0 heterocycles. The summed E-state index contributed by atoms with van der Waals surface area (Å²) in [5.74, 6) is 0. The van der Waals surface area contributed by atoms with Gasteiger partial charge in [0.25, 0.3) is 0 Å². The van der Waals surface area contributed by atoms with E-state index in [0.29, 0.717) is 5.41 Å². The molecule has 1 N–H and O–H groups in total. The van der Waals surface area contributed by atoms with Gasteiger partial charge in [-0.3, -0.25) is 4.79 Å². The summed E-state index contributed by atoms with van der Waals surface area (Å²) in [6.45, 7) is 7.24. The fourth-order valence-corrected chi connectivity index (χ4v) is 0.506. The predicted molar refractivity (Wildman–Crippen MR) is 38.1 cm³/mol. The highest BCUT2D eigenvalue weighted by Crippen LogP contribution is 2.16. The molecule has 0 bridgehead atoms. The Morgan fingerprint density at radius 1 is 1.44 bits per heavy atom. The smallest absolute Gasteiger partial charge is 0.207 e. The maximum Gasteiger partial charge on any atom is 0.207 e. The minimum Gasteiger partial charge on any atom is -0.359 e. The van der Waals surface area contributed by atoms with Crippen LogP contribution < -0.4 is 5.32 Å². The minimum absolute atomic E-state index is 0.329. The molecule has 0 saturated heterocycles. The van der Waals surface area contributed by atoms with Gasteiger partial charge in [-0.1, -0.05) is 20.8 Å². The Morgan fingerprint density at radius 2 is 2.00 bits per heavy atom. The Balaban J connectivity index is 3.17. The Hall–Kier alpha value is -0.530. The number of hydrogen-bond acceptors (Lipinski definition) is 1. The molecule has 0 atom stereocenters. The fourth-order valence-electron chi connectivity index (χ4n) is 0.506. The van der Waals surface area contributed by atoms with Gasteiger partial charge in [-0.05, 0) is 11.8 Å². The number of amides is 1. The first-order valence-electron chi connectivity index (χ1n) is 3.23. The van der Waals surface area contributed by atoms with Crippen molar-refractivity contribution in [3.8, 4) is 0 Å². The molecule has 0 radical (unpaired) electrons. The molecule has 0 rings (SSSR count). The number of carbonyl (C=O) groups is 1. The first-order valence-corrected chi connectivity index (χ1v) is 3.23. The summed E-state index contributed by atoms with van der Waals surface area (Å²) < 4.78 is 0. The molecular formula is C7H15NO. The highest BCUT2D eigenvalue weighted by molar-refractivity contribution is 5.45. The van der Waals surface area contributed by atoms with Crippen molar-refractivity contribution < 1.29 is 4.79 Å². The highest BCUT2D eigenvalue weighted by Gasteiger charge is 2.07. The van der Waals surface area contributed by atoms with Crippen LogP contribution in [0, 0.1) is 5.41 Å². The first-order chi connectivity index (χ1) is 4.06. The zero-order valence-electron chi connectivity index (χ0n) is 6.40. The van der Waals surface area contributed by atoms with Crippen molar-refractivity contribution in [2.45, 2.75) is 27.2 Å². The van der Waals surface area contributed by atoms with Crippen molar-refractivity contribution in [1.29, 1.82) is 0 Å². The number of hydrogen-bond donors (Lipinski definition) is 1. The second-order valence-electron chi connectivity index (χ2n) is 3.38. The van der Waals surface area contributed by atoms with Crippen LogP contribution in [0.1, 0.15) is 27.2 Å². The van der Waals surface area contributed by atoms with Gasteiger partial charge in [0.1, 0.15) is 0 Å². The van der Waals surface area contributed by atoms with Crippen molar-refractivity contribution >= 4 is 6.41 Å². The molecule has 2 heteroatoms. The highest BCUT2D eigenvalue weighted by atomic mass is 16.1. The molecule has 54 valence electrons. The minimum atomic E-state index is 0.329. The Bertz CT molecular complexity index is 83.4. The number of nitrogens with one attached hydrogen (secondary N) is 1. The molecule has 9 heavy (non-hydrogen) atoms. The van der Waals surface area contributed by atoms with Crippen LogP contribution in [-0.4, -0.2) is 13.0 Å². The van der Waals surface area contributed by atoms with Gasteiger partial charge < -0.3 is 5.32 Å². The van der Waals surface area contributed by atoms with Gasteiger partial charge in [0.05, 0.1) is 0 Å². The molecule has 0 unspecified atom stereocenters. The van der Waals surface area contributed by atoms with Crippen molar-refractivity contribution in [3.05, 3.63) is 0 Å². The maximum atomic E-state index is 9.78. The molecule has 0 spiro atoms. The normalized spacial score (nSPS) is 11.0. The van der Waals surface area contributed by atoms with Gasteiger partial charge in [-0.2, -0.15) is 0 Å². The zero-order valence-corrected chi connectivity index (χ0v) is 6.40. The third kappa shape index (κ3) is 7.47. The van der Waals surface area contributed by atoms with Crippen LogP contribution in [0.5, 0.6) is 0 Å². The van der Waals surface area contributed by atoms with Gasteiger partial charge in [0.2, 0.25) is 6.41 Å². The number of carbonyl (C=O) groups excluding carboxylic acids is 1. The van der Waals surface area contributed by atoms with E-state index in [9.17, 15) is 4.79 Å². The molecule has 0 saturated carbocycles. The zero-order chi connectivity index (χ0) is 7.33. The van der Waals surface area contributed by atoms with Gasteiger partial charge in [0, 0.05) is 6.54 Å². The third-order valence-electron chi connectivity index (χ3n) is 1.10. The second kappa shape index (κ2) is 3.49. The molecule has 0 aromatic heterocycles. The summed E-state index contributed by atoms with van der Waals surface area (Å²) in [6, 6.07) is 0. The van der Waals surface area contributed by atoms with Gasteiger partial charge in [0.15, 0.2) is 0 Å². The van der Waals surface area contributed by atoms with Crippen LogP contribution in [0.25, 0.3) is 0 Å². The van der Waals surface area contributed by atoms with Crippen LogP contribution in [0.4, 0.5) is 0 Å². The van der Waals surface area contributed by atoms with E-state index in [0.717, 1.165) is 19.4 Å². The third-order valence-corrected chi connectivity index (χ3v) is 1.10. The largest absolute Gasteiger partial charge is 0.359 e. The standard InChI is InChI=1S/C7H15NO/c1-7(2,3)4-5-8-6-9/h6H,4-5H2,1-3H3,(H,8,9). The van der Waals surface area contributed by atoms with Crippen LogP contribution in [0.2, 0.25) is 0 Å². The SMILES string of the molecule is CC(C)(C)CCNC=O. The average molecular weight is 129 g/mol. The van der Waals surface area contributed by atoms with Gasteiger partial charge >= 0.3 is 0 Å². The van der Waals surface area contributed by atoms with Crippen LogP contribution in [0.15, 0.2) is 0 Å². The average Bonchev–Trinajstić information content (AvgIpc) is 1.63. The van der Waals surface area contributed by atoms with Crippen LogP contribution in [-0.2, 0) is 4.79 Å². The Kier molecular flexibility index (Phi) is 3.28. The summed E-state index contributed by atoms with van der Waals surface area (Å²) in [5.41, 5.74) is 0.329. The summed E-state index contributed by atoms with van der Waals surface area (Å²) in [5, 5.41) is 2.62. The number of rotatable bonds is 3. The molecular weight excluding hydrogens is 114 g/mol. The monoisotopic (exact) mass is 129 g/mol. The van der Waals surface area contributed by atoms with Crippen molar-refractivity contribution in [1.82, 2.24) is 5.32 Å². The summed E-state index contributed by atoms with van der Waals surface area (Å²) >= 11 is 0. The maximum absolute atomic E-state index is 9.78. The van der Waals surface area contributed by atoms with E-state index in [-0.39, 0.29) is 0 Å². The van der Waals surface area contributed by atoms with E-state index in [2.05, 4.69) is 26.1 Å². The Morgan fingerprint density at radius 3 is 2.33 bits per heavy atom. The molecule has 1 amide bonds. The molecule has 0 aliphatic rings. The second-order valence-corrected chi connectivity index (χ2v) is 3.38. The van der Waals surface area contributed by atoms with E-state index in [1.807, 2.05) is 0 Å². The van der Waals surface area contributed by atoms with Gasteiger partial charge in [-0.25, -0.2) is 0 Å². The van der Waals surface area contributed by atoms with E-state index >= 15 is 0 Å². The summed E-state index contributed by atoms with van der Waals surface area (Å²) in [4.78, 5) is 9.78. The predicted octanol–water partition coefficient (Wildman–Crippen LogP) is 1.17. The van der Waals surface area contributed by atoms with Crippen molar-refractivity contribution in [3.63, 3.8) is 0 Å². The van der Waals surface area contributed by atoms with E-state index in [4.69, 9.17) is 0 Å². The molecule has 0 aliphatic carbocycles. The van der Waals surface area contributed by atoms with Crippen molar-refractivity contribution in [2.24, 2.45) is 5.41 Å². The Labute approximate surface area is 56.6 Å². The summed E-state index contributed by atoms with van der Waals surface area (Å²) in [7, 11) is 0. The van der Waals surface area contributed by atoms with Crippen LogP contribution >= 0.6 is 0 Å². The molecule has 0 aromatic carbocycles. The van der Waals surface area contributed by atoms with E-state index < -0.39 is 0 Å². The lowest BCUT2D eigenvalue weighted by atomic mass is 9.92. The fraction of sp³-hybridized carbons (Fsp3) is 0.857. The van der Waals surface area contributed by atoms with Crippen LogP contribution in [0.3, 0.4) is 0 Å². The summed E-state index contributed by atoms with van der Waals surface area (Å²) in [6.07, 6.45) is 1.78. The van der Waals surface area contributed by atoms with E-state index in [1.165, 1.54) is 0 Å². The molecule has 0 aliphatic heterocycles. The molecule has 2 nitrogen and oxygen atoms in total. The molecule has 0 aromatic rings. The lowest BCUT2D eigenvalue weighted by molar-refractivity contribution is -0.109. The topological polar surface area (TPSA) is 29.1 Å². The van der Waals surface area contributed by atoms with Gasteiger partial charge in [-0.15, -0.1) is 0 Å². The lowest BCUT2D eigenvalue weighted by Gasteiger charge is -2.16.